The molecule has 6 heteroatoms. The molecule has 1 aliphatic carbocycles. The summed E-state index contributed by atoms with van der Waals surface area (Å²) >= 11 is 0. The number of nitrogens with one attached hydrogen (secondary N) is 1. The molecule has 0 bridgehead atoms. The molecule has 1 fully saturated rings. The van der Waals surface area contributed by atoms with Crippen LogP contribution >= 0.6 is 0 Å². The van der Waals surface area contributed by atoms with E-state index >= 15 is 0 Å². The molecule has 1 saturated carbocycles. The quantitative estimate of drug-likeness (QED) is 0.559. The van der Waals surface area contributed by atoms with Crippen molar-refractivity contribution in [2.75, 3.05) is 6.54 Å². The third-order valence-corrected chi connectivity index (χ3v) is 8.36. The Labute approximate surface area is 207 Å². The van der Waals surface area contributed by atoms with Crippen molar-refractivity contribution >= 4 is 22.8 Å². The molecule has 4 atom stereocenters. The maximum Gasteiger partial charge on any atom is 0.290 e. The molecular formula is C29H36N4O2. The molecule has 2 heterocycles. The summed E-state index contributed by atoms with van der Waals surface area (Å²) < 4.78 is 1.94. The number of para-hydroxylation sites is 2. The standard InChI is InChI=1S/C29H36N4O2/c1-20-11-9-16-23(21(20)2)31-28(35)29(3)19-32-25-17-8-7-15-24(25)30-26(32)27(34)33(29)18-10-14-22-12-5-4-6-13-22/h4-8,12-13,15,17,20-21,23H,9-11,14,16,18-19H2,1-3H3,(H,31,35)/t20-,21+,23+,29+/m1/s1. The highest BCUT2D eigenvalue weighted by Gasteiger charge is 2.49. The maximum absolute atomic E-state index is 14.0. The predicted molar refractivity (Wildman–Crippen MR) is 138 cm³/mol. The van der Waals surface area contributed by atoms with E-state index in [0.717, 1.165) is 36.7 Å². The lowest BCUT2D eigenvalue weighted by molar-refractivity contribution is -0.134. The zero-order chi connectivity index (χ0) is 24.6. The summed E-state index contributed by atoms with van der Waals surface area (Å²) in [5.41, 5.74) is 1.95. The molecule has 35 heavy (non-hydrogen) atoms. The van der Waals surface area contributed by atoms with Crippen LogP contribution in [0.1, 0.15) is 62.6 Å². The van der Waals surface area contributed by atoms with Crippen LogP contribution in [0.25, 0.3) is 11.0 Å². The summed E-state index contributed by atoms with van der Waals surface area (Å²) in [6.07, 6.45) is 4.97. The van der Waals surface area contributed by atoms with Gasteiger partial charge in [0.25, 0.3) is 5.91 Å². The molecule has 2 amide bonds. The molecule has 3 aromatic rings. The molecule has 2 aromatic carbocycles. The van der Waals surface area contributed by atoms with Gasteiger partial charge >= 0.3 is 0 Å². The molecule has 6 nitrogen and oxygen atoms in total. The second-order valence-corrected chi connectivity index (χ2v) is 10.7. The van der Waals surface area contributed by atoms with Gasteiger partial charge in [0.2, 0.25) is 5.91 Å². The van der Waals surface area contributed by atoms with Crippen molar-refractivity contribution in [3.8, 4) is 0 Å². The second-order valence-electron chi connectivity index (χ2n) is 10.7. The van der Waals surface area contributed by atoms with Gasteiger partial charge in [0.05, 0.1) is 17.6 Å². The van der Waals surface area contributed by atoms with Crippen LogP contribution in [0.2, 0.25) is 0 Å². The Bertz CT molecular complexity index is 1220. The number of carbonyl (C=O) groups excluding carboxylic acids is 2. The van der Waals surface area contributed by atoms with E-state index in [9.17, 15) is 9.59 Å². The topological polar surface area (TPSA) is 67.2 Å². The van der Waals surface area contributed by atoms with Crippen molar-refractivity contribution in [3.05, 3.63) is 66.0 Å². The number of imidazole rings is 1. The van der Waals surface area contributed by atoms with Gasteiger partial charge in [-0.3, -0.25) is 9.59 Å². The first-order chi connectivity index (χ1) is 16.9. The zero-order valence-corrected chi connectivity index (χ0v) is 21.0. The Kier molecular flexibility index (Phi) is 6.39. The van der Waals surface area contributed by atoms with Gasteiger partial charge in [0, 0.05) is 12.6 Å². The van der Waals surface area contributed by atoms with Crippen LogP contribution in [-0.2, 0) is 17.8 Å². The highest BCUT2D eigenvalue weighted by molar-refractivity contribution is 6.01. The van der Waals surface area contributed by atoms with E-state index in [0.29, 0.717) is 30.7 Å². The van der Waals surface area contributed by atoms with Crippen molar-refractivity contribution in [2.24, 2.45) is 11.8 Å². The summed E-state index contributed by atoms with van der Waals surface area (Å²) in [6, 6.07) is 18.2. The summed E-state index contributed by atoms with van der Waals surface area (Å²) in [5, 5.41) is 3.37. The van der Waals surface area contributed by atoms with Gasteiger partial charge in [-0.25, -0.2) is 4.98 Å². The van der Waals surface area contributed by atoms with Gasteiger partial charge < -0.3 is 14.8 Å². The lowest BCUT2D eigenvalue weighted by atomic mass is 9.77. The minimum atomic E-state index is -0.982. The Balaban J connectivity index is 1.45. The van der Waals surface area contributed by atoms with Crippen LogP contribution in [0.4, 0.5) is 0 Å². The van der Waals surface area contributed by atoms with Crippen molar-refractivity contribution in [1.29, 1.82) is 0 Å². The Morgan fingerprint density at radius 1 is 1.09 bits per heavy atom. The van der Waals surface area contributed by atoms with Crippen LogP contribution < -0.4 is 5.32 Å². The summed E-state index contributed by atoms with van der Waals surface area (Å²) in [7, 11) is 0. The first kappa shape index (κ1) is 23.6. The van der Waals surface area contributed by atoms with Gasteiger partial charge in [-0.1, -0.05) is 69.2 Å². The minimum absolute atomic E-state index is 0.0556. The number of hydrogen-bond acceptors (Lipinski definition) is 3. The fourth-order valence-corrected chi connectivity index (χ4v) is 5.88. The highest BCUT2D eigenvalue weighted by atomic mass is 16.2. The molecule has 0 unspecified atom stereocenters. The summed E-state index contributed by atoms with van der Waals surface area (Å²) in [4.78, 5) is 34.2. The number of aromatic nitrogens is 2. The van der Waals surface area contributed by atoms with Gasteiger partial charge in [-0.05, 0) is 55.7 Å². The molecule has 0 saturated heterocycles. The first-order valence-electron chi connectivity index (χ1n) is 13.0. The molecule has 5 rings (SSSR count). The smallest absolute Gasteiger partial charge is 0.290 e. The van der Waals surface area contributed by atoms with Crippen molar-refractivity contribution in [3.63, 3.8) is 0 Å². The van der Waals surface area contributed by atoms with Gasteiger partial charge in [0.15, 0.2) is 5.82 Å². The van der Waals surface area contributed by atoms with E-state index in [1.54, 1.807) is 4.90 Å². The molecule has 1 aliphatic heterocycles. The Morgan fingerprint density at radius 2 is 1.83 bits per heavy atom. The van der Waals surface area contributed by atoms with Crippen molar-refractivity contribution < 1.29 is 9.59 Å². The first-order valence-corrected chi connectivity index (χ1v) is 13.0. The largest absolute Gasteiger partial charge is 0.351 e. The lowest BCUT2D eigenvalue weighted by Gasteiger charge is -2.45. The number of hydrogen-bond donors (Lipinski definition) is 1. The van der Waals surface area contributed by atoms with E-state index in [1.807, 2.05) is 54.0 Å². The molecule has 0 spiro atoms. The second kappa shape index (κ2) is 9.48. The SMILES string of the molecule is C[C@H]1[C@H](C)CCC[C@@H]1NC(=O)[C@]1(C)Cn2c(nc3ccccc32)C(=O)N1CCCc1ccccc1. The average Bonchev–Trinajstić information content (AvgIpc) is 3.23. The fourth-order valence-electron chi connectivity index (χ4n) is 5.88. The molecule has 1 N–H and O–H groups in total. The van der Waals surface area contributed by atoms with Crippen LogP contribution in [-0.4, -0.2) is 44.4 Å². The third kappa shape index (κ3) is 4.35. The number of fused-ring (bicyclic) bond motifs is 3. The number of aryl methyl sites for hydroxylation is 1. The van der Waals surface area contributed by atoms with Crippen molar-refractivity contribution in [2.45, 2.75) is 71.0 Å². The Morgan fingerprint density at radius 3 is 2.63 bits per heavy atom. The van der Waals surface area contributed by atoms with Crippen LogP contribution in [0.3, 0.4) is 0 Å². The monoisotopic (exact) mass is 472 g/mol. The van der Waals surface area contributed by atoms with E-state index in [1.165, 1.54) is 12.0 Å². The number of amides is 2. The summed E-state index contributed by atoms with van der Waals surface area (Å²) in [5.74, 6) is 1.21. The van der Waals surface area contributed by atoms with Gasteiger partial charge in [-0.15, -0.1) is 0 Å². The van der Waals surface area contributed by atoms with E-state index in [-0.39, 0.29) is 17.9 Å². The van der Waals surface area contributed by atoms with Gasteiger partial charge in [0.1, 0.15) is 5.54 Å². The van der Waals surface area contributed by atoms with Crippen molar-refractivity contribution in [1.82, 2.24) is 19.8 Å². The average molecular weight is 473 g/mol. The minimum Gasteiger partial charge on any atom is -0.351 e. The fraction of sp³-hybridized carbons (Fsp3) is 0.483. The highest BCUT2D eigenvalue weighted by Crippen LogP contribution is 2.33. The van der Waals surface area contributed by atoms with Crippen LogP contribution in [0.15, 0.2) is 54.6 Å². The number of carbonyl (C=O) groups is 2. The number of nitrogens with zero attached hydrogens (tertiary/aromatic N) is 3. The predicted octanol–water partition coefficient (Wildman–Crippen LogP) is 4.82. The Hall–Kier alpha value is -3.15. The van der Waals surface area contributed by atoms with Crippen LogP contribution in [0.5, 0.6) is 0 Å². The molecule has 2 aliphatic rings. The lowest BCUT2D eigenvalue weighted by Crippen LogP contribution is -2.65. The maximum atomic E-state index is 14.0. The van der Waals surface area contributed by atoms with E-state index < -0.39 is 5.54 Å². The molecule has 1 aromatic heterocycles. The molecule has 0 radical (unpaired) electrons. The number of rotatable bonds is 6. The van der Waals surface area contributed by atoms with E-state index in [2.05, 4.69) is 36.3 Å². The molecular weight excluding hydrogens is 436 g/mol. The van der Waals surface area contributed by atoms with E-state index in [4.69, 9.17) is 0 Å². The normalized spacial score (nSPS) is 26.5. The third-order valence-electron chi connectivity index (χ3n) is 8.36. The molecule has 184 valence electrons. The number of benzene rings is 2. The van der Waals surface area contributed by atoms with Gasteiger partial charge in [-0.2, -0.15) is 0 Å². The zero-order valence-electron chi connectivity index (χ0n) is 21.0. The summed E-state index contributed by atoms with van der Waals surface area (Å²) in [6.45, 7) is 7.36. The van der Waals surface area contributed by atoms with Crippen LogP contribution in [0, 0.1) is 11.8 Å².